The molecule has 1 unspecified atom stereocenters. The Bertz CT molecular complexity index is 293. The molecule has 0 saturated carbocycles. The van der Waals surface area contributed by atoms with E-state index < -0.39 is 0 Å². The van der Waals surface area contributed by atoms with Crippen molar-refractivity contribution in [3.63, 3.8) is 0 Å². The first kappa shape index (κ1) is 10.7. The number of aliphatic hydroxyl groups excluding tert-OH is 1. The number of hydrogen-bond acceptors (Lipinski definition) is 2. The smallest absolute Gasteiger partial charge is 0.0460 e. The van der Waals surface area contributed by atoms with E-state index in [0.717, 1.165) is 19.6 Å². The van der Waals surface area contributed by atoms with E-state index in [4.69, 9.17) is 5.11 Å². The van der Waals surface area contributed by atoms with E-state index >= 15 is 0 Å². The van der Waals surface area contributed by atoms with Gasteiger partial charge in [-0.15, -0.1) is 0 Å². The van der Waals surface area contributed by atoms with Crippen LogP contribution in [0.4, 0.5) is 0 Å². The zero-order valence-corrected chi connectivity index (χ0v) is 9.26. The number of nitrogens with zero attached hydrogens (tertiary/aromatic N) is 1. The molecule has 1 saturated heterocycles. The SMILES string of the molecule is CC(CO)C1CN(Cc2ccccc2)C1. The molecule has 0 aromatic heterocycles. The lowest BCUT2D eigenvalue weighted by Crippen LogP contribution is -2.49. The van der Waals surface area contributed by atoms with Crippen molar-refractivity contribution in [2.45, 2.75) is 13.5 Å². The van der Waals surface area contributed by atoms with Crippen LogP contribution in [0.2, 0.25) is 0 Å². The zero-order chi connectivity index (χ0) is 10.7. The maximum atomic E-state index is 9.03. The van der Waals surface area contributed by atoms with Gasteiger partial charge in [-0.3, -0.25) is 4.90 Å². The van der Waals surface area contributed by atoms with Crippen LogP contribution in [0.5, 0.6) is 0 Å². The van der Waals surface area contributed by atoms with Crippen LogP contribution < -0.4 is 0 Å². The molecule has 1 aromatic carbocycles. The third-order valence-electron chi connectivity index (χ3n) is 3.33. The van der Waals surface area contributed by atoms with Crippen molar-refractivity contribution in [3.05, 3.63) is 35.9 Å². The van der Waals surface area contributed by atoms with Gasteiger partial charge in [0, 0.05) is 26.2 Å². The summed E-state index contributed by atoms with van der Waals surface area (Å²) >= 11 is 0. The van der Waals surface area contributed by atoms with Crippen LogP contribution in [0.25, 0.3) is 0 Å². The molecule has 0 spiro atoms. The first-order chi connectivity index (χ1) is 7.29. The minimum absolute atomic E-state index is 0.323. The van der Waals surface area contributed by atoms with Crippen LogP contribution in [0.3, 0.4) is 0 Å². The van der Waals surface area contributed by atoms with Gasteiger partial charge in [0.2, 0.25) is 0 Å². The van der Waals surface area contributed by atoms with E-state index in [9.17, 15) is 0 Å². The molecule has 2 rings (SSSR count). The number of aliphatic hydroxyl groups is 1. The van der Waals surface area contributed by atoms with E-state index in [1.807, 2.05) is 0 Å². The summed E-state index contributed by atoms with van der Waals surface area (Å²) in [6, 6.07) is 10.6. The lowest BCUT2D eigenvalue weighted by atomic mass is 9.87. The predicted octanol–water partition coefficient (Wildman–Crippen LogP) is 1.75. The van der Waals surface area contributed by atoms with Crippen LogP contribution >= 0.6 is 0 Å². The molecule has 1 heterocycles. The van der Waals surface area contributed by atoms with Gasteiger partial charge >= 0.3 is 0 Å². The highest BCUT2D eigenvalue weighted by Crippen LogP contribution is 2.24. The molecule has 1 aliphatic rings. The first-order valence-corrected chi connectivity index (χ1v) is 5.66. The Hall–Kier alpha value is -0.860. The summed E-state index contributed by atoms with van der Waals surface area (Å²) in [5.41, 5.74) is 1.38. The zero-order valence-electron chi connectivity index (χ0n) is 9.26. The molecule has 82 valence electrons. The summed E-state index contributed by atoms with van der Waals surface area (Å²) in [5.74, 6) is 1.15. The molecule has 1 aliphatic heterocycles. The number of likely N-dealkylation sites (tertiary alicyclic amines) is 1. The number of hydrogen-bond donors (Lipinski definition) is 1. The van der Waals surface area contributed by atoms with E-state index in [1.54, 1.807) is 0 Å². The summed E-state index contributed by atoms with van der Waals surface area (Å²) in [6.45, 7) is 5.77. The Morgan fingerprint density at radius 2 is 2.00 bits per heavy atom. The van der Waals surface area contributed by atoms with Gasteiger partial charge in [0.15, 0.2) is 0 Å². The van der Waals surface area contributed by atoms with Crippen molar-refractivity contribution in [3.8, 4) is 0 Å². The van der Waals surface area contributed by atoms with Crippen LogP contribution in [-0.2, 0) is 6.54 Å². The van der Waals surface area contributed by atoms with Gasteiger partial charge in [-0.2, -0.15) is 0 Å². The molecule has 1 fully saturated rings. The molecule has 1 N–H and O–H groups in total. The van der Waals surface area contributed by atoms with Gasteiger partial charge in [0.05, 0.1) is 0 Å². The van der Waals surface area contributed by atoms with E-state index in [0.29, 0.717) is 18.4 Å². The van der Waals surface area contributed by atoms with E-state index in [2.05, 4.69) is 42.2 Å². The van der Waals surface area contributed by atoms with Crippen molar-refractivity contribution >= 4 is 0 Å². The molecule has 0 aliphatic carbocycles. The average Bonchev–Trinajstić information content (AvgIpc) is 2.23. The Morgan fingerprint density at radius 1 is 1.33 bits per heavy atom. The molecule has 2 nitrogen and oxygen atoms in total. The standard InChI is InChI=1S/C13H19NO/c1-11(10-15)13-8-14(9-13)7-12-5-3-2-4-6-12/h2-6,11,13,15H,7-10H2,1H3. The first-order valence-electron chi connectivity index (χ1n) is 5.66. The Kier molecular flexibility index (Phi) is 3.39. The van der Waals surface area contributed by atoms with Crippen molar-refractivity contribution < 1.29 is 5.11 Å². The monoisotopic (exact) mass is 205 g/mol. The van der Waals surface area contributed by atoms with Gasteiger partial charge in [-0.1, -0.05) is 37.3 Å². The summed E-state index contributed by atoms with van der Waals surface area (Å²) in [4.78, 5) is 2.44. The van der Waals surface area contributed by atoms with Crippen molar-refractivity contribution in [2.75, 3.05) is 19.7 Å². The fraction of sp³-hybridized carbons (Fsp3) is 0.538. The molecule has 0 radical (unpaired) electrons. The van der Waals surface area contributed by atoms with Crippen LogP contribution in [0.1, 0.15) is 12.5 Å². The third-order valence-corrected chi connectivity index (χ3v) is 3.33. The normalized spacial score (nSPS) is 19.9. The van der Waals surface area contributed by atoms with Gasteiger partial charge in [-0.05, 0) is 17.4 Å². The maximum absolute atomic E-state index is 9.03. The molecule has 1 aromatic rings. The molecule has 0 amide bonds. The summed E-state index contributed by atoms with van der Waals surface area (Å²) in [7, 11) is 0. The quantitative estimate of drug-likeness (QED) is 0.809. The highest BCUT2D eigenvalue weighted by molar-refractivity contribution is 5.14. The van der Waals surface area contributed by atoms with Crippen LogP contribution in [0.15, 0.2) is 30.3 Å². The van der Waals surface area contributed by atoms with Crippen molar-refractivity contribution in [1.82, 2.24) is 4.90 Å². The van der Waals surface area contributed by atoms with Crippen LogP contribution in [-0.4, -0.2) is 29.7 Å². The predicted molar refractivity (Wildman–Crippen MR) is 61.5 cm³/mol. The van der Waals surface area contributed by atoms with Gasteiger partial charge in [-0.25, -0.2) is 0 Å². The number of rotatable bonds is 4. The van der Waals surface area contributed by atoms with E-state index in [-0.39, 0.29) is 0 Å². The Morgan fingerprint density at radius 3 is 2.60 bits per heavy atom. The van der Waals surface area contributed by atoms with Crippen molar-refractivity contribution in [2.24, 2.45) is 11.8 Å². The summed E-state index contributed by atoms with van der Waals surface area (Å²) in [6.07, 6.45) is 0. The summed E-state index contributed by atoms with van der Waals surface area (Å²) < 4.78 is 0. The Balaban J connectivity index is 1.77. The minimum Gasteiger partial charge on any atom is -0.396 e. The molecular formula is C13H19NO. The third kappa shape index (κ3) is 2.58. The fourth-order valence-corrected chi connectivity index (χ4v) is 2.09. The van der Waals surface area contributed by atoms with Crippen LogP contribution in [0, 0.1) is 11.8 Å². The second-order valence-corrected chi connectivity index (χ2v) is 4.60. The topological polar surface area (TPSA) is 23.5 Å². The molecule has 0 bridgehead atoms. The highest BCUT2D eigenvalue weighted by atomic mass is 16.3. The Labute approximate surface area is 91.5 Å². The lowest BCUT2D eigenvalue weighted by molar-refractivity contribution is 0.0342. The van der Waals surface area contributed by atoms with Gasteiger partial charge in [0.1, 0.15) is 0 Å². The van der Waals surface area contributed by atoms with Gasteiger partial charge in [0.25, 0.3) is 0 Å². The molecular weight excluding hydrogens is 186 g/mol. The minimum atomic E-state index is 0.323. The molecule has 1 atom stereocenters. The lowest BCUT2D eigenvalue weighted by Gasteiger charge is -2.42. The van der Waals surface area contributed by atoms with Crippen molar-refractivity contribution in [1.29, 1.82) is 0 Å². The molecule has 2 heteroatoms. The van der Waals surface area contributed by atoms with Gasteiger partial charge < -0.3 is 5.11 Å². The number of benzene rings is 1. The highest BCUT2D eigenvalue weighted by Gasteiger charge is 2.30. The van der Waals surface area contributed by atoms with E-state index in [1.165, 1.54) is 5.56 Å². The second kappa shape index (κ2) is 4.77. The second-order valence-electron chi connectivity index (χ2n) is 4.60. The average molecular weight is 205 g/mol. The maximum Gasteiger partial charge on any atom is 0.0460 e. The fourth-order valence-electron chi connectivity index (χ4n) is 2.09. The largest absolute Gasteiger partial charge is 0.396 e. The summed E-state index contributed by atoms with van der Waals surface area (Å²) in [5, 5.41) is 9.03. The molecule has 15 heavy (non-hydrogen) atoms.